The number of aromatic carboxylic acids is 1. The third-order valence-corrected chi connectivity index (χ3v) is 4.64. The van der Waals surface area contributed by atoms with Crippen LogP contribution in [0, 0.1) is 6.92 Å². The first kappa shape index (κ1) is 18.6. The summed E-state index contributed by atoms with van der Waals surface area (Å²) in [5, 5.41) is 14.7. The minimum absolute atomic E-state index is 0.0594. The van der Waals surface area contributed by atoms with Crippen LogP contribution in [-0.2, 0) is 0 Å². The molecule has 1 fully saturated rings. The number of hydrogen-bond donors (Lipinski definition) is 3. The molecule has 1 heterocycles. The lowest BCUT2D eigenvalue weighted by atomic mass is 10.1. The van der Waals surface area contributed by atoms with Crippen LogP contribution in [0.2, 0.25) is 0 Å². The van der Waals surface area contributed by atoms with Crippen molar-refractivity contribution in [2.75, 3.05) is 5.32 Å². The fourth-order valence-corrected chi connectivity index (χ4v) is 3.15. The van der Waals surface area contributed by atoms with Gasteiger partial charge in [-0.05, 0) is 56.2 Å². The SMILES string of the molecule is Cc1nc(C(=O)Nc2ccc(C(=O)NC3CCCC3)cc2)ccc1C(=O)O. The minimum Gasteiger partial charge on any atom is -0.478 e. The van der Waals surface area contributed by atoms with Gasteiger partial charge in [-0.25, -0.2) is 9.78 Å². The van der Waals surface area contributed by atoms with E-state index in [1.165, 1.54) is 19.1 Å². The molecule has 1 aliphatic carbocycles. The van der Waals surface area contributed by atoms with Crippen LogP contribution >= 0.6 is 0 Å². The van der Waals surface area contributed by atoms with Crippen LogP contribution in [0.1, 0.15) is 62.6 Å². The maximum atomic E-state index is 12.3. The monoisotopic (exact) mass is 367 g/mol. The molecule has 0 unspecified atom stereocenters. The van der Waals surface area contributed by atoms with Crippen molar-refractivity contribution < 1.29 is 19.5 Å². The van der Waals surface area contributed by atoms with Crippen molar-refractivity contribution in [3.63, 3.8) is 0 Å². The van der Waals surface area contributed by atoms with Crippen LogP contribution in [0.5, 0.6) is 0 Å². The van der Waals surface area contributed by atoms with E-state index in [-0.39, 0.29) is 28.9 Å². The van der Waals surface area contributed by atoms with Crippen molar-refractivity contribution in [2.45, 2.75) is 38.6 Å². The van der Waals surface area contributed by atoms with Gasteiger partial charge in [0.1, 0.15) is 5.69 Å². The molecule has 3 N–H and O–H groups in total. The van der Waals surface area contributed by atoms with E-state index in [9.17, 15) is 14.4 Å². The first-order chi connectivity index (χ1) is 12.9. The molecule has 1 saturated carbocycles. The topological polar surface area (TPSA) is 108 Å². The predicted octanol–water partition coefficient (Wildman–Crippen LogP) is 3.01. The summed E-state index contributed by atoms with van der Waals surface area (Å²) in [6.07, 6.45) is 4.34. The van der Waals surface area contributed by atoms with Gasteiger partial charge in [0.25, 0.3) is 11.8 Å². The fraction of sp³-hybridized carbons (Fsp3) is 0.300. The number of aromatic nitrogens is 1. The molecule has 0 bridgehead atoms. The Morgan fingerprint density at radius 3 is 2.26 bits per heavy atom. The third kappa shape index (κ3) is 4.49. The van der Waals surface area contributed by atoms with Gasteiger partial charge in [0.2, 0.25) is 0 Å². The second-order valence-electron chi connectivity index (χ2n) is 6.62. The largest absolute Gasteiger partial charge is 0.478 e. The molecular weight excluding hydrogens is 346 g/mol. The highest BCUT2D eigenvalue weighted by molar-refractivity contribution is 6.03. The first-order valence-electron chi connectivity index (χ1n) is 8.87. The number of carboxylic acid groups (broad SMARTS) is 1. The summed E-state index contributed by atoms with van der Waals surface area (Å²) in [7, 11) is 0. The number of carbonyl (C=O) groups excluding carboxylic acids is 2. The number of nitrogens with zero attached hydrogens (tertiary/aromatic N) is 1. The van der Waals surface area contributed by atoms with Gasteiger partial charge < -0.3 is 15.7 Å². The van der Waals surface area contributed by atoms with Gasteiger partial charge in [-0.2, -0.15) is 0 Å². The number of amides is 2. The highest BCUT2D eigenvalue weighted by atomic mass is 16.4. The summed E-state index contributed by atoms with van der Waals surface area (Å²) in [6, 6.07) is 9.60. The van der Waals surface area contributed by atoms with Gasteiger partial charge >= 0.3 is 5.97 Å². The number of aryl methyl sites for hydroxylation is 1. The number of carboxylic acids is 1. The number of carbonyl (C=O) groups is 3. The maximum absolute atomic E-state index is 12.3. The Labute approximate surface area is 156 Å². The molecule has 2 amide bonds. The quantitative estimate of drug-likeness (QED) is 0.753. The number of pyridine rings is 1. The van der Waals surface area contributed by atoms with Gasteiger partial charge in [-0.15, -0.1) is 0 Å². The summed E-state index contributed by atoms with van der Waals surface area (Å²) < 4.78 is 0. The summed E-state index contributed by atoms with van der Waals surface area (Å²) in [5.74, 6) is -1.64. The molecule has 7 nitrogen and oxygen atoms in total. The van der Waals surface area contributed by atoms with E-state index in [4.69, 9.17) is 5.11 Å². The zero-order chi connectivity index (χ0) is 19.4. The number of rotatable bonds is 5. The second-order valence-corrected chi connectivity index (χ2v) is 6.62. The molecule has 3 rings (SSSR count). The van der Waals surface area contributed by atoms with Crippen LogP contribution in [-0.4, -0.2) is 33.9 Å². The van der Waals surface area contributed by atoms with E-state index in [1.54, 1.807) is 24.3 Å². The van der Waals surface area contributed by atoms with E-state index in [2.05, 4.69) is 15.6 Å². The lowest BCUT2D eigenvalue weighted by molar-refractivity contribution is 0.0694. The average molecular weight is 367 g/mol. The molecule has 140 valence electrons. The summed E-state index contributed by atoms with van der Waals surface area (Å²) >= 11 is 0. The second kappa shape index (κ2) is 7.99. The summed E-state index contributed by atoms with van der Waals surface area (Å²) in [6.45, 7) is 1.54. The minimum atomic E-state index is -1.08. The highest BCUT2D eigenvalue weighted by Gasteiger charge is 2.18. The molecule has 0 radical (unpaired) electrons. The van der Waals surface area contributed by atoms with E-state index in [0.29, 0.717) is 11.3 Å². The van der Waals surface area contributed by atoms with Crippen LogP contribution in [0.4, 0.5) is 5.69 Å². The van der Waals surface area contributed by atoms with E-state index >= 15 is 0 Å². The molecule has 0 spiro atoms. The molecule has 2 aromatic rings. The average Bonchev–Trinajstić information content (AvgIpc) is 3.14. The Morgan fingerprint density at radius 2 is 1.67 bits per heavy atom. The predicted molar refractivity (Wildman–Crippen MR) is 100 cm³/mol. The first-order valence-corrected chi connectivity index (χ1v) is 8.87. The maximum Gasteiger partial charge on any atom is 0.337 e. The van der Waals surface area contributed by atoms with Crippen molar-refractivity contribution in [3.05, 3.63) is 58.9 Å². The van der Waals surface area contributed by atoms with Crippen LogP contribution in [0.25, 0.3) is 0 Å². The Bertz CT molecular complexity index is 871. The molecule has 1 aromatic heterocycles. The van der Waals surface area contributed by atoms with Crippen LogP contribution in [0.15, 0.2) is 36.4 Å². The van der Waals surface area contributed by atoms with Gasteiger partial charge in [0, 0.05) is 17.3 Å². The van der Waals surface area contributed by atoms with Crippen molar-refractivity contribution in [3.8, 4) is 0 Å². The Balaban J connectivity index is 1.63. The molecule has 0 atom stereocenters. The number of nitrogens with one attached hydrogen (secondary N) is 2. The van der Waals surface area contributed by atoms with Crippen molar-refractivity contribution in [2.24, 2.45) is 0 Å². The number of hydrogen-bond acceptors (Lipinski definition) is 4. The zero-order valence-corrected chi connectivity index (χ0v) is 15.0. The highest BCUT2D eigenvalue weighted by Crippen LogP contribution is 2.18. The molecule has 0 saturated heterocycles. The van der Waals surface area contributed by atoms with E-state index in [0.717, 1.165) is 25.7 Å². The van der Waals surface area contributed by atoms with Gasteiger partial charge in [-0.3, -0.25) is 9.59 Å². The molecule has 0 aliphatic heterocycles. The number of benzene rings is 1. The fourth-order valence-electron chi connectivity index (χ4n) is 3.15. The van der Waals surface area contributed by atoms with E-state index in [1.807, 2.05) is 0 Å². The lowest BCUT2D eigenvalue weighted by Crippen LogP contribution is -2.32. The van der Waals surface area contributed by atoms with E-state index < -0.39 is 11.9 Å². The third-order valence-electron chi connectivity index (χ3n) is 4.64. The smallest absolute Gasteiger partial charge is 0.337 e. The van der Waals surface area contributed by atoms with Crippen LogP contribution < -0.4 is 10.6 Å². The molecule has 1 aromatic carbocycles. The molecule has 1 aliphatic rings. The number of anilines is 1. The van der Waals surface area contributed by atoms with Crippen molar-refractivity contribution in [1.82, 2.24) is 10.3 Å². The van der Waals surface area contributed by atoms with Crippen LogP contribution in [0.3, 0.4) is 0 Å². The standard InChI is InChI=1S/C20H21N3O4/c1-12-16(20(26)27)10-11-17(21-12)19(25)23-15-8-6-13(7-9-15)18(24)22-14-4-2-3-5-14/h6-11,14H,2-5H2,1H3,(H,22,24)(H,23,25)(H,26,27). The van der Waals surface area contributed by atoms with Gasteiger partial charge in [0.05, 0.1) is 11.3 Å². The van der Waals surface area contributed by atoms with Crippen molar-refractivity contribution >= 4 is 23.5 Å². The Kier molecular flexibility index (Phi) is 5.49. The van der Waals surface area contributed by atoms with Gasteiger partial charge in [0.15, 0.2) is 0 Å². The Morgan fingerprint density at radius 1 is 1.00 bits per heavy atom. The summed E-state index contributed by atoms with van der Waals surface area (Å²) in [5.41, 5.74) is 1.53. The molecular formula is C20H21N3O4. The van der Waals surface area contributed by atoms with Gasteiger partial charge in [-0.1, -0.05) is 12.8 Å². The Hall–Kier alpha value is -3.22. The molecule has 27 heavy (non-hydrogen) atoms. The van der Waals surface area contributed by atoms with Crippen molar-refractivity contribution in [1.29, 1.82) is 0 Å². The normalized spacial score (nSPS) is 14.0. The summed E-state index contributed by atoms with van der Waals surface area (Å²) in [4.78, 5) is 39.6. The zero-order valence-electron chi connectivity index (χ0n) is 15.0. The molecule has 7 heteroatoms. The lowest BCUT2D eigenvalue weighted by Gasteiger charge is -2.12.